The lowest BCUT2D eigenvalue weighted by Crippen LogP contribution is -2.63. The SMILES string of the molecule is COc1cc2c(cc1O)[C@H](CC[C@H](O)C[C@H](C1=CCNC(N)=C1)c1ccc3ccccc3c1)C#C[C@H]([C@H](O)CCCC[C@@H]1C[C@@H]3CCC(=O)C[C@H]3NC13CCCCC3)C(=O)CC2. The number of nitrogens with one attached hydrogen (secondary N) is 2. The van der Waals surface area contributed by atoms with E-state index in [0.29, 0.717) is 86.7 Å². The molecular formula is C53H67N3O6. The minimum atomic E-state index is -0.881. The van der Waals surface area contributed by atoms with E-state index < -0.39 is 18.1 Å². The Balaban J connectivity index is 0.961. The van der Waals surface area contributed by atoms with E-state index in [0.717, 1.165) is 58.7 Å². The van der Waals surface area contributed by atoms with Gasteiger partial charge in [-0.15, -0.1) is 0 Å². The highest BCUT2D eigenvalue weighted by molar-refractivity contribution is 5.85. The molecule has 2 heterocycles. The van der Waals surface area contributed by atoms with Crippen LogP contribution in [-0.2, 0) is 16.0 Å². The Morgan fingerprint density at radius 1 is 0.935 bits per heavy atom. The summed E-state index contributed by atoms with van der Waals surface area (Å²) in [4.78, 5) is 26.2. The molecule has 7 N–H and O–H groups in total. The van der Waals surface area contributed by atoms with Gasteiger partial charge in [0.1, 0.15) is 11.7 Å². The van der Waals surface area contributed by atoms with E-state index in [4.69, 9.17) is 10.5 Å². The molecule has 8 atom stereocenters. The van der Waals surface area contributed by atoms with Crippen molar-refractivity contribution in [2.45, 2.75) is 151 Å². The van der Waals surface area contributed by atoms with Crippen LogP contribution in [0, 0.1) is 29.6 Å². The number of carbonyl (C=O) groups excluding carboxylic acids is 2. The van der Waals surface area contributed by atoms with Crippen LogP contribution < -0.4 is 21.1 Å². The lowest BCUT2D eigenvalue weighted by Gasteiger charge is -2.54. The summed E-state index contributed by atoms with van der Waals surface area (Å²) in [7, 11) is 1.52. The van der Waals surface area contributed by atoms with Gasteiger partial charge in [-0.05, 0) is 127 Å². The number of hydrogen-bond donors (Lipinski definition) is 6. The molecule has 0 bridgehead atoms. The van der Waals surface area contributed by atoms with Gasteiger partial charge in [0.25, 0.3) is 0 Å². The number of dihydropyridines is 1. The third kappa shape index (κ3) is 10.1. The third-order valence-electron chi connectivity index (χ3n) is 15.1. The predicted octanol–water partition coefficient (Wildman–Crippen LogP) is 8.39. The Morgan fingerprint density at radius 2 is 1.76 bits per heavy atom. The van der Waals surface area contributed by atoms with Gasteiger partial charge in [-0.1, -0.05) is 92.5 Å². The lowest BCUT2D eigenvalue weighted by atomic mass is 9.62. The molecule has 3 fully saturated rings. The molecule has 3 aromatic carbocycles. The van der Waals surface area contributed by atoms with E-state index in [9.17, 15) is 24.9 Å². The average Bonchev–Trinajstić information content (AvgIpc) is 3.33. The van der Waals surface area contributed by atoms with Crippen molar-refractivity contribution in [2.24, 2.45) is 23.5 Å². The van der Waals surface area contributed by atoms with Gasteiger partial charge in [0.2, 0.25) is 0 Å². The summed E-state index contributed by atoms with van der Waals surface area (Å²) in [6.45, 7) is 0.620. The number of aromatic hydroxyl groups is 1. The summed E-state index contributed by atoms with van der Waals surface area (Å²) in [6.07, 6.45) is 17.7. The number of phenols is 1. The zero-order valence-corrected chi connectivity index (χ0v) is 36.5. The van der Waals surface area contributed by atoms with Crippen LogP contribution in [0.15, 0.2) is 78.1 Å². The molecule has 3 aromatic rings. The maximum atomic E-state index is 13.9. The standard InChI is InChI=1S/C53H67N3O6/c1-62-51-29-38-18-22-49(60)44(48(59)12-6-5-11-41-28-40-16-20-43(58)32-47(40)56-53(41)24-7-2-8-25-53)21-17-35(46(38)33-50(51)61)15-19-42(57)31-45(39-23-26-55-52(54)30-39)37-14-13-34-9-3-4-10-36(34)27-37/h3-4,9-10,13-14,23,27,29-30,33,35,40-42,44-45,47-48,55-57,59,61H,2,5-8,11-12,15-16,18-20,22,24-26,28,31-32,54H2,1H3/t35-,40+,41-,42+,44-,45+,47-,48-/m1/s1. The first-order valence-corrected chi connectivity index (χ1v) is 23.6. The van der Waals surface area contributed by atoms with E-state index in [2.05, 4.69) is 58.9 Å². The van der Waals surface area contributed by atoms with Crippen LogP contribution in [0.2, 0.25) is 0 Å². The van der Waals surface area contributed by atoms with Crippen LogP contribution in [0.4, 0.5) is 0 Å². The van der Waals surface area contributed by atoms with Crippen molar-refractivity contribution in [1.29, 1.82) is 0 Å². The van der Waals surface area contributed by atoms with Crippen molar-refractivity contribution in [3.8, 4) is 23.3 Å². The molecule has 9 heteroatoms. The highest BCUT2D eigenvalue weighted by Gasteiger charge is 2.48. The fraction of sp³-hybridized carbons (Fsp3) is 0.547. The number of nitrogens with two attached hydrogens (primary N) is 1. The Kier molecular flexibility index (Phi) is 14.1. The first-order valence-electron chi connectivity index (χ1n) is 23.6. The zero-order valence-electron chi connectivity index (χ0n) is 36.5. The number of ketones is 2. The molecule has 3 aliphatic carbocycles. The molecule has 1 spiro atoms. The van der Waals surface area contributed by atoms with Crippen molar-refractivity contribution in [1.82, 2.24) is 10.6 Å². The summed E-state index contributed by atoms with van der Waals surface area (Å²) in [6, 6.07) is 18.6. The van der Waals surface area contributed by atoms with Crippen LogP contribution in [0.3, 0.4) is 0 Å². The molecule has 0 radical (unpaired) electrons. The topological polar surface area (TPSA) is 154 Å². The smallest absolute Gasteiger partial charge is 0.160 e. The number of aliphatic hydroxyl groups excluding tert-OH is 2. The fourth-order valence-electron chi connectivity index (χ4n) is 11.7. The molecule has 9 nitrogen and oxygen atoms in total. The zero-order chi connectivity index (χ0) is 43.2. The van der Waals surface area contributed by atoms with Crippen molar-refractivity contribution >= 4 is 22.3 Å². The van der Waals surface area contributed by atoms with Gasteiger partial charge in [0.05, 0.1) is 25.1 Å². The van der Waals surface area contributed by atoms with Crippen molar-refractivity contribution in [3.05, 3.63) is 94.8 Å². The summed E-state index contributed by atoms with van der Waals surface area (Å²) in [5.74, 6) is 7.83. The highest BCUT2D eigenvalue weighted by atomic mass is 16.5. The number of phenolic OH excluding ortho intramolecular Hbond substituents is 1. The Bertz CT molecular complexity index is 2210. The first-order chi connectivity index (χ1) is 30.1. The van der Waals surface area contributed by atoms with E-state index in [1.807, 2.05) is 24.3 Å². The highest BCUT2D eigenvalue weighted by Crippen LogP contribution is 2.47. The number of aryl methyl sites for hydroxylation is 1. The average molecular weight is 842 g/mol. The van der Waals surface area contributed by atoms with Crippen LogP contribution in [-0.4, -0.2) is 64.3 Å². The molecule has 1 saturated heterocycles. The Hall–Kier alpha value is -4.62. The molecule has 0 unspecified atom stereocenters. The number of ether oxygens (including phenoxy) is 1. The van der Waals surface area contributed by atoms with Crippen molar-refractivity contribution < 1.29 is 29.6 Å². The molecule has 2 aliphatic heterocycles. The molecule has 0 amide bonds. The third-order valence-corrected chi connectivity index (χ3v) is 15.1. The van der Waals surface area contributed by atoms with Gasteiger partial charge < -0.3 is 36.4 Å². The number of unbranched alkanes of at least 4 members (excludes halogenated alkanes) is 1. The number of benzene rings is 3. The second-order valence-electron chi connectivity index (χ2n) is 19.1. The second-order valence-corrected chi connectivity index (χ2v) is 19.1. The molecule has 330 valence electrons. The van der Waals surface area contributed by atoms with Crippen LogP contribution >= 0.6 is 0 Å². The minimum Gasteiger partial charge on any atom is -0.504 e. The maximum Gasteiger partial charge on any atom is 0.160 e. The van der Waals surface area contributed by atoms with Gasteiger partial charge in [0, 0.05) is 49.2 Å². The molecular weight excluding hydrogens is 775 g/mol. The van der Waals surface area contributed by atoms with E-state index in [-0.39, 0.29) is 35.3 Å². The number of Topliss-reactive ketones (excluding diaryl/α,β-unsaturated/α-hetero) is 2. The summed E-state index contributed by atoms with van der Waals surface area (Å²) < 4.78 is 5.49. The van der Waals surface area contributed by atoms with Crippen molar-refractivity contribution in [2.75, 3.05) is 13.7 Å². The van der Waals surface area contributed by atoms with E-state index >= 15 is 0 Å². The van der Waals surface area contributed by atoms with Gasteiger partial charge in [-0.25, -0.2) is 0 Å². The Labute approximate surface area is 368 Å². The molecule has 8 rings (SSSR count). The number of fused-ring (bicyclic) bond motifs is 3. The number of aliphatic hydroxyl groups is 2. The monoisotopic (exact) mass is 842 g/mol. The fourth-order valence-corrected chi connectivity index (χ4v) is 11.7. The van der Waals surface area contributed by atoms with E-state index in [1.165, 1.54) is 45.6 Å². The molecule has 0 aromatic heterocycles. The number of rotatable bonds is 14. The number of allylic oxidation sites excluding steroid dienone is 2. The van der Waals surface area contributed by atoms with Crippen molar-refractivity contribution in [3.63, 3.8) is 0 Å². The predicted molar refractivity (Wildman–Crippen MR) is 245 cm³/mol. The maximum absolute atomic E-state index is 13.9. The number of methoxy groups -OCH3 is 1. The number of hydrogen-bond acceptors (Lipinski definition) is 9. The molecule has 5 aliphatic rings. The second kappa shape index (κ2) is 19.8. The van der Waals surface area contributed by atoms with Gasteiger partial charge in [-0.2, -0.15) is 0 Å². The molecule has 62 heavy (non-hydrogen) atoms. The van der Waals surface area contributed by atoms with E-state index in [1.54, 1.807) is 6.07 Å². The first kappa shape index (κ1) is 44.0. The number of carbonyl (C=O) groups is 2. The van der Waals surface area contributed by atoms with Crippen LogP contribution in [0.25, 0.3) is 10.8 Å². The number of piperidine rings is 1. The summed E-state index contributed by atoms with van der Waals surface area (Å²) in [5.41, 5.74) is 10.3. The lowest BCUT2D eigenvalue weighted by molar-refractivity contribution is -0.124. The van der Waals surface area contributed by atoms with Crippen LogP contribution in [0.1, 0.15) is 138 Å². The minimum absolute atomic E-state index is 0.00927. The van der Waals surface area contributed by atoms with Crippen LogP contribution in [0.5, 0.6) is 11.5 Å². The molecule has 2 saturated carbocycles. The van der Waals surface area contributed by atoms with Gasteiger partial charge >= 0.3 is 0 Å². The van der Waals surface area contributed by atoms with Gasteiger partial charge in [0.15, 0.2) is 17.3 Å². The summed E-state index contributed by atoms with van der Waals surface area (Å²) in [5, 5.41) is 44.0. The summed E-state index contributed by atoms with van der Waals surface area (Å²) >= 11 is 0. The Morgan fingerprint density at radius 3 is 2.56 bits per heavy atom. The largest absolute Gasteiger partial charge is 0.504 e. The quantitative estimate of drug-likeness (QED) is 0.0694. The normalized spacial score (nSPS) is 26.2. The van der Waals surface area contributed by atoms with Gasteiger partial charge in [-0.3, -0.25) is 9.59 Å².